The molecule has 8 heteroatoms. The third kappa shape index (κ3) is 3.47. The molecule has 1 aliphatic heterocycles. The molecule has 1 aromatic carbocycles. The molecule has 1 unspecified atom stereocenters. The van der Waals surface area contributed by atoms with Crippen LogP contribution in [0.5, 0.6) is 5.75 Å². The van der Waals surface area contributed by atoms with E-state index in [0.717, 1.165) is 18.7 Å². The van der Waals surface area contributed by atoms with Crippen molar-refractivity contribution in [2.24, 2.45) is 0 Å². The number of halogens is 4. The monoisotopic (exact) mass is 355 g/mol. The van der Waals surface area contributed by atoms with Crippen molar-refractivity contribution < 1.29 is 22.3 Å². The van der Waals surface area contributed by atoms with Crippen LogP contribution < -0.4 is 15.0 Å². The number of aromatic nitrogens is 1. The average molecular weight is 355 g/mol. The second-order valence-electron chi connectivity index (χ2n) is 5.80. The fourth-order valence-corrected chi connectivity index (χ4v) is 3.02. The average Bonchev–Trinajstić information content (AvgIpc) is 2.64. The highest BCUT2D eigenvalue weighted by Gasteiger charge is 2.26. The Balaban J connectivity index is 1.81. The number of methoxy groups -OCH3 is 1. The molecule has 1 aliphatic rings. The fourth-order valence-electron chi connectivity index (χ4n) is 3.02. The number of ether oxygens (including phenoxy) is 1. The molecule has 1 fully saturated rings. The summed E-state index contributed by atoms with van der Waals surface area (Å²) in [6.07, 6.45) is 1.35. The Morgan fingerprint density at radius 2 is 1.80 bits per heavy atom. The summed E-state index contributed by atoms with van der Waals surface area (Å²) in [6.45, 7) is 1.15. The van der Waals surface area contributed by atoms with E-state index in [-0.39, 0.29) is 6.04 Å². The van der Waals surface area contributed by atoms with E-state index in [2.05, 4.69) is 10.3 Å². The zero-order valence-corrected chi connectivity index (χ0v) is 13.5. The highest BCUT2D eigenvalue weighted by Crippen LogP contribution is 2.31. The molecule has 2 aromatic rings. The van der Waals surface area contributed by atoms with Crippen LogP contribution in [0.4, 0.5) is 28.9 Å². The van der Waals surface area contributed by atoms with E-state index in [1.807, 2.05) is 29.2 Å². The number of nitrogens with one attached hydrogen (secondary N) is 1. The number of anilines is 2. The van der Waals surface area contributed by atoms with Crippen LogP contribution in [-0.4, -0.2) is 31.2 Å². The van der Waals surface area contributed by atoms with Crippen molar-refractivity contribution in [2.45, 2.75) is 18.9 Å². The van der Waals surface area contributed by atoms with E-state index >= 15 is 0 Å². The van der Waals surface area contributed by atoms with Crippen molar-refractivity contribution in [3.8, 4) is 5.75 Å². The fraction of sp³-hybridized carbons (Fsp3) is 0.353. The molecule has 0 spiro atoms. The Labute approximate surface area is 142 Å². The zero-order chi connectivity index (χ0) is 18.0. The van der Waals surface area contributed by atoms with E-state index in [1.54, 1.807) is 7.11 Å². The highest BCUT2D eigenvalue weighted by molar-refractivity contribution is 5.59. The van der Waals surface area contributed by atoms with Gasteiger partial charge in [-0.1, -0.05) is 12.1 Å². The third-order valence-electron chi connectivity index (χ3n) is 4.19. The van der Waals surface area contributed by atoms with Gasteiger partial charge in [-0.05, 0) is 25.0 Å². The van der Waals surface area contributed by atoms with E-state index in [4.69, 9.17) is 4.74 Å². The Bertz CT molecular complexity index is 746. The first-order valence-electron chi connectivity index (χ1n) is 7.85. The number of rotatable bonds is 4. The van der Waals surface area contributed by atoms with Crippen LogP contribution in [0.2, 0.25) is 0 Å². The quantitative estimate of drug-likeness (QED) is 0.670. The van der Waals surface area contributed by atoms with Gasteiger partial charge in [0.15, 0.2) is 0 Å². The van der Waals surface area contributed by atoms with Crippen molar-refractivity contribution >= 4 is 11.4 Å². The molecule has 0 bridgehead atoms. The van der Waals surface area contributed by atoms with Gasteiger partial charge in [0.2, 0.25) is 11.6 Å². The van der Waals surface area contributed by atoms with Gasteiger partial charge in [-0.3, -0.25) is 0 Å². The van der Waals surface area contributed by atoms with Gasteiger partial charge < -0.3 is 15.0 Å². The third-order valence-corrected chi connectivity index (χ3v) is 4.19. The minimum atomic E-state index is -1.67. The minimum absolute atomic E-state index is 0.385. The number of hydrogen-bond donors (Lipinski definition) is 1. The van der Waals surface area contributed by atoms with Gasteiger partial charge in [0.05, 0.1) is 12.8 Å². The summed E-state index contributed by atoms with van der Waals surface area (Å²) in [4.78, 5) is 4.57. The Morgan fingerprint density at radius 3 is 2.48 bits per heavy atom. The van der Waals surface area contributed by atoms with Crippen LogP contribution in [0.25, 0.3) is 0 Å². The smallest absolute Gasteiger partial charge is 0.253 e. The summed E-state index contributed by atoms with van der Waals surface area (Å²) in [5.41, 5.74) is 0.0291. The molecule has 0 radical (unpaired) electrons. The van der Waals surface area contributed by atoms with Crippen LogP contribution >= 0.6 is 0 Å². The van der Waals surface area contributed by atoms with Gasteiger partial charge in [-0.25, -0.2) is 0 Å². The lowest BCUT2D eigenvalue weighted by molar-refractivity contribution is 0.405. The summed E-state index contributed by atoms with van der Waals surface area (Å²) in [6, 6.07) is 7.02. The van der Waals surface area contributed by atoms with Gasteiger partial charge in [0, 0.05) is 19.1 Å². The second-order valence-corrected chi connectivity index (χ2v) is 5.80. The van der Waals surface area contributed by atoms with Crippen LogP contribution in [0, 0.1) is 23.5 Å². The van der Waals surface area contributed by atoms with Gasteiger partial charge in [-0.2, -0.15) is 22.5 Å². The summed E-state index contributed by atoms with van der Waals surface area (Å²) in [7, 11) is 1.56. The van der Waals surface area contributed by atoms with Gasteiger partial charge >= 0.3 is 0 Å². The van der Waals surface area contributed by atoms with E-state index in [0.29, 0.717) is 18.7 Å². The number of pyridine rings is 1. The lowest BCUT2D eigenvalue weighted by atomic mass is 10.0. The van der Waals surface area contributed by atoms with E-state index in [1.165, 1.54) is 0 Å². The Morgan fingerprint density at radius 1 is 1.12 bits per heavy atom. The first kappa shape index (κ1) is 17.3. The van der Waals surface area contributed by atoms with Crippen molar-refractivity contribution in [3.63, 3.8) is 0 Å². The summed E-state index contributed by atoms with van der Waals surface area (Å²) >= 11 is 0. The van der Waals surface area contributed by atoms with Gasteiger partial charge in [-0.15, -0.1) is 0 Å². The Hall–Kier alpha value is -2.51. The molecule has 4 nitrogen and oxygen atoms in total. The van der Waals surface area contributed by atoms with Gasteiger partial charge in [0.25, 0.3) is 11.9 Å². The maximum absolute atomic E-state index is 13.8. The SMILES string of the molecule is COc1ccccc1N1CCCC(Nc2c(F)c(F)nc(F)c2F)C1. The van der Waals surface area contributed by atoms with Crippen molar-refractivity contribution in [3.05, 3.63) is 47.8 Å². The maximum Gasteiger partial charge on any atom is 0.253 e. The number of hydrogen-bond acceptors (Lipinski definition) is 4. The molecule has 0 saturated carbocycles. The number of piperidine rings is 1. The first-order valence-corrected chi connectivity index (χ1v) is 7.85. The molecular weight excluding hydrogens is 338 g/mol. The number of para-hydroxylation sites is 2. The Kier molecular flexibility index (Phi) is 4.96. The predicted octanol–water partition coefficient (Wildman–Crippen LogP) is 3.73. The standard InChI is InChI=1S/C17H17F4N3O/c1-25-12-7-3-2-6-11(12)24-8-4-5-10(9-24)22-15-13(18)16(20)23-17(21)14(15)19/h2-3,6-7,10H,4-5,8-9H2,1H3,(H,22,23). The molecule has 25 heavy (non-hydrogen) atoms. The van der Waals surface area contributed by atoms with E-state index < -0.39 is 29.2 Å². The highest BCUT2D eigenvalue weighted by atomic mass is 19.2. The lowest BCUT2D eigenvalue weighted by Crippen LogP contribution is -2.42. The summed E-state index contributed by atoms with van der Waals surface area (Å²) in [5, 5.41) is 2.58. The molecule has 0 amide bonds. The molecule has 1 aromatic heterocycles. The normalized spacial score (nSPS) is 17.5. The number of benzene rings is 1. The minimum Gasteiger partial charge on any atom is -0.495 e. The zero-order valence-electron chi connectivity index (χ0n) is 13.5. The molecule has 1 saturated heterocycles. The predicted molar refractivity (Wildman–Crippen MR) is 85.9 cm³/mol. The largest absolute Gasteiger partial charge is 0.495 e. The van der Waals surface area contributed by atoms with E-state index in [9.17, 15) is 17.6 Å². The van der Waals surface area contributed by atoms with Crippen LogP contribution in [-0.2, 0) is 0 Å². The van der Waals surface area contributed by atoms with Crippen LogP contribution in [0.3, 0.4) is 0 Å². The second kappa shape index (κ2) is 7.16. The van der Waals surface area contributed by atoms with Crippen LogP contribution in [0.15, 0.2) is 24.3 Å². The van der Waals surface area contributed by atoms with Crippen molar-refractivity contribution in [1.82, 2.24) is 4.98 Å². The molecule has 1 N–H and O–H groups in total. The van der Waals surface area contributed by atoms with Gasteiger partial charge in [0.1, 0.15) is 11.4 Å². The molecule has 1 atom stereocenters. The van der Waals surface area contributed by atoms with Crippen molar-refractivity contribution in [1.29, 1.82) is 0 Å². The lowest BCUT2D eigenvalue weighted by Gasteiger charge is -2.35. The molecule has 2 heterocycles. The summed E-state index contributed by atoms with van der Waals surface area (Å²) in [5.74, 6) is -5.69. The number of nitrogens with zero attached hydrogens (tertiary/aromatic N) is 2. The van der Waals surface area contributed by atoms with Crippen molar-refractivity contribution in [2.75, 3.05) is 30.4 Å². The summed E-state index contributed by atoms with van der Waals surface area (Å²) < 4.78 is 59.4. The first-order chi connectivity index (χ1) is 12.0. The molecule has 0 aliphatic carbocycles. The topological polar surface area (TPSA) is 37.4 Å². The van der Waals surface area contributed by atoms with Crippen LogP contribution in [0.1, 0.15) is 12.8 Å². The molecular formula is C17H17F4N3O. The molecule has 3 rings (SSSR count). The maximum atomic E-state index is 13.8. The molecule has 134 valence electrons.